The summed E-state index contributed by atoms with van der Waals surface area (Å²) in [5, 5.41) is 0. The molecule has 1 nitrogen and oxygen atoms in total. The number of alkyl halides is 6. The maximum Gasteiger partial charge on any atom is 0.416 e. The third-order valence-electron chi connectivity index (χ3n) is 3.34. The van der Waals surface area contributed by atoms with E-state index in [1.54, 1.807) is 0 Å². The zero-order valence-corrected chi connectivity index (χ0v) is 11.7. The highest BCUT2D eigenvalue weighted by Gasteiger charge is 2.31. The van der Waals surface area contributed by atoms with E-state index in [1.807, 2.05) is 0 Å². The van der Waals surface area contributed by atoms with Crippen molar-refractivity contribution in [3.05, 3.63) is 59.7 Å². The van der Waals surface area contributed by atoms with E-state index in [1.165, 1.54) is 36.4 Å². The van der Waals surface area contributed by atoms with Crippen LogP contribution in [0.4, 0.5) is 26.3 Å². The summed E-state index contributed by atoms with van der Waals surface area (Å²) in [5.41, 5.74) is 6.19. The lowest BCUT2D eigenvalue weighted by Gasteiger charge is -2.15. The van der Waals surface area contributed by atoms with Crippen LogP contribution in [-0.2, 0) is 6.18 Å². The minimum atomic E-state index is -4.41. The molecule has 0 unspecified atom stereocenters. The number of hydrogen-bond donors (Lipinski definition) is 1. The smallest absolute Gasteiger partial charge is 0.324 e. The van der Waals surface area contributed by atoms with Crippen molar-refractivity contribution in [2.24, 2.45) is 5.73 Å². The lowest BCUT2D eigenvalue weighted by Crippen LogP contribution is -2.20. The second kappa shape index (κ2) is 6.23. The molecule has 2 N–H and O–H groups in total. The SMILES string of the molecule is N[C@@H](CC(F)(F)F)c1ccc(-c2ccc(C(F)(F)F)cc2)cc1. The van der Waals surface area contributed by atoms with Crippen molar-refractivity contribution < 1.29 is 26.3 Å². The third kappa shape index (κ3) is 4.72. The zero-order chi connectivity index (χ0) is 17.3. The molecule has 0 amide bonds. The van der Waals surface area contributed by atoms with E-state index in [-0.39, 0.29) is 0 Å². The summed E-state index contributed by atoms with van der Waals surface area (Å²) in [6.07, 6.45) is -9.90. The van der Waals surface area contributed by atoms with E-state index in [4.69, 9.17) is 5.73 Å². The van der Waals surface area contributed by atoms with Crippen LogP contribution in [0.15, 0.2) is 48.5 Å². The minimum Gasteiger partial charge on any atom is -0.324 e. The van der Waals surface area contributed by atoms with E-state index < -0.39 is 30.4 Å². The van der Waals surface area contributed by atoms with Gasteiger partial charge in [-0.25, -0.2) is 0 Å². The van der Waals surface area contributed by atoms with Crippen LogP contribution in [-0.4, -0.2) is 6.18 Å². The summed E-state index contributed by atoms with van der Waals surface area (Å²) in [7, 11) is 0. The van der Waals surface area contributed by atoms with Crippen LogP contribution in [0.1, 0.15) is 23.6 Å². The Labute approximate surface area is 128 Å². The zero-order valence-electron chi connectivity index (χ0n) is 11.7. The summed E-state index contributed by atoms with van der Waals surface area (Å²) < 4.78 is 74.4. The van der Waals surface area contributed by atoms with Crippen molar-refractivity contribution in [2.75, 3.05) is 0 Å². The highest BCUT2D eigenvalue weighted by molar-refractivity contribution is 5.64. The number of hydrogen-bond acceptors (Lipinski definition) is 1. The van der Waals surface area contributed by atoms with Gasteiger partial charge in [0.05, 0.1) is 12.0 Å². The maximum absolute atomic E-state index is 12.5. The summed E-state index contributed by atoms with van der Waals surface area (Å²) in [4.78, 5) is 0. The van der Waals surface area contributed by atoms with Crippen LogP contribution in [0.2, 0.25) is 0 Å². The first-order valence-electron chi connectivity index (χ1n) is 6.66. The molecule has 2 aromatic rings. The molecule has 7 heteroatoms. The largest absolute Gasteiger partial charge is 0.416 e. The van der Waals surface area contributed by atoms with Crippen LogP contribution in [0.25, 0.3) is 11.1 Å². The average molecular weight is 333 g/mol. The van der Waals surface area contributed by atoms with Crippen LogP contribution < -0.4 is 5.73 Å². The van der Waals surface area contributed by atoms with Gasteiger partial charge in [-0.2, -0.15) is 26.3 Å². The molecule has 0 aromatic heterocycles. The molecule has 0 heterocycles. The molecular formula is C16H13F6N. The van der Waals surface area contributed by atoms with Gasteiger partial charge in [-0.3, -0.25) is 0 Å². The fourth-order valence-electron chi connectivity index (χ4n) is 2.14. The Hall–Kier alpha value is -2.02. The molecular weight excluding hydrogens is 320 g/mol. The van der Waals surface area contributed by atoms with Gasteiger partial charge >= 0.3 is 12.4 Å². The molecule has 23 heavy (non-hydrogen) atoms. The monoisotopic (exact) mass is 333 g/mol. The molecule has 0 aliphatic carbocycles. The van der Waals surface area contributed by atoms with E-state index in [0.29, 0.717) is 16.7 Å². The predicted octanol–water partition coefficient (Wildman–Crippen LogP) is 5.32. The summed E-state index contributed by atoms with van der Waals surface area (Å²) in [6.45, 7) is 0. The number of halogens is 6. The van der Waals surface area contributed by atoms with Gasteiger partial charge in [0, 0.05) is 6.04 Å². The molecule has 2 rings (SSSR count). The first-order valence-corrected chi connectivity index (χ1v) is 6.66. The Kier molecular flexibility index (Phi) is 4.70. The van der Waals surface area contributed by atoms with E-state index >= 15 is 0 Å². The van der Waals surface area contributed by atoms with Crippen LogP contribution in [0, 0.1) is 0 Å². The van der Waals surface area contributed by atoms with Gasteiger partial charge < -0.3 is 5.73 Å². The lowest BCUT2D eigenvalue weighted by molar-refractivity contribution is -0.139. The standard InChI is InChI=1S/C16H13F6N/c17-15(18,19)9-14(23)12-3-1-10(2-4-12)11-5-7-13(8-6-11)16(20,21)22/h1-8,14H,9,23H2/t14-/m0/s1. The van der Waals surface area contributed by atoms with Gasteiger partial charge in [-0.15, -0.1) is 0 Å². The fraction of sp³-hybridized carbons (Fsp3) is 0.250. The lowest BCUT2D eigenvalue weighted by atomic mass is 9.99. The quantitative estimate of drug-likeness (QED) is 0.756. The molecule has 124 valence electrons. The van der Waals surface area contributed by atoms with Crippen molar-refractivity contribution in [2.45, 2.75) is 24.8 Å². The predicted molar refractivity (Wildman–Crippen MR) is 74.5 cm³/mol. The van der Waals surface area contributed by atoms with Crippen molar-refractivity contribution in [1.82, 2.24) is 0 Å². The molecule has 0 aliphatic rings. The van der Waals surface area contributed by atoms with Crippen LogP contribution in [0.5, 0.6) is 0 Å². The number of benzene rings is 2. The van der Waals surface area contributed by atoms with Gasteiger partial charge in [0.25, 0.3) is 0 Å². The second-order valence-electron chi connectivity index (χ2n) is 5.12. The first kappa shape index (κ1) is 17.3. The molecule has 0 radical (unpaired) electrons. The first-order chi connectivity index (χ1) is 10.6. The molecule has 0 spiro atoms. The van der Waals surface area contributed by atoms with Crippen molar-refractivity contribution in [3.8, 4) is 11.1 Å². The third-order valence-corrected chi connectivity index (χ3v) is 3.34. The number of rotatable bonds is 3. The van der Waals surface area contributed by atoms with E-state index in [9.17, 15) is 26.3 Å². The minimum absolute atomic E-state index is 0.318. The van der Waals surface area contributed by atoms with Gasteiger partial charge in [0.2, 0.25) is 0 Å². The summed E-state index contributed by atoms with van der Waals surface area (Å²) >= 11 is 0. The highest BCUT2D eigenvalue weighted by atomic mass is 19.4. The Balaban J connectivity index is 2.16. The van der Waals surface area contributed by atoms with Crippen molar-refractivity contribution >= 4 is 0 Å². The molecule has 0 saturated carbocycles. The second-order valence-corrected chi connectivity index (χ2v) is 5.12. The van der Waals surface area contributed by atoms with Gasteiger partial charge in [0.1, 0.15) is 0 Å². The molecule has 0 fully saturated rings. The van der Waals surface area contributed by atoms with Crippen molar-refractivity contribution in [1.29, 1.82) is 0 Å². The van der Waals surface area contributed by atoms with Crippen LogP contribution >= 0.6 is 0 Å². The van der Waals surface area contributed by atoms with Crippen LogP contribution in [0.3, 0.4) is 0 Å². The normalized spacial score (nSPS) is 13.9. The Morgan fingerprint density at radius 1 is 0.739 bits per heavy atom. The molecule has 0 saturated heterocycles. The molecule has 1 atom stereocenters. The average Bonchev–Trinajstić information content (AvgIpc) is 2.45. The van der Waals surface area contributed by atoms with E-state index in [2.05, 4.69) is 0 Å². The summed E-state index contributed by atoms with van der Waals surface area (Å²) in [6, 6.07) is 9.34. The Bertz CT molecular complexity index is 640. The van der Waals surface area contributed by atoms with E-state index in [0.717, 1.165) is 12.1 Å². The number of nitrogens with two attached hydrogens (primary N) is 1. The molecule has 0 bridgehead atoms. The Morgan fingerprint density at radius 2 is 1.17 bits per heavy atom. The molecule has 0 aliphatic heterocycles. The topological polar surface area (TPSA) is 26.0 Å². The summed E-state index contributed by atoms with van der Waals surface area (Å²) in [5.74, 6) is 0. The highest BCUT2D eigenvalue weighted by Crippen LogP contribution is 2.32. The molecule has 2 aromatic carbocycles. The van der Waals surface area contributed by atoms with Gasteiger partial charge in [0.15, 0.2) is 0 Å². The van der Waals surface area contributed by atoms with Crippen molar-refractivity contribution in [3.63, 3.8) is 0 Å². The van der Waals surface area contributed by atoms with Gasteiger partial charge in [-0.1, -0.05) is 36.4 Å². The maximum atomic E-state index is 12.5. The fourth-order valence-corrected chi connectivity index (χ4v) is 2.14. The Morgan fingerprint density at radius 3 is 1.57 bits per heavy atom. The van der Waals surface area contributed by atoms with Gasteiger partial charge in [-0.05, 0) is 28.8 Å².